The molecule has 0 unspecified atom stereocenters. The Labute approximate surface area is 139 Å². The topological polar surface area (TPSA) is 66.5 Å². The van der Waals surface area contributed by atoms with Crippen molar-refractivity contribution in [2.75, 3.05) is 19.6 Å². The summed E-state index contributed by atoms with van der Waals surface area (Å²) in [6.45, 7) is 3.98. The van der Waals surface area contributed by atoms with Crippen LogP contribution in [-0.2, 0) is 10.0 Å². The summed E-state index contributed by atoms with van der Waals surface area (Å²) in [6, 6.07) is 6.23. The van der Waals surface area contributed by atoms with Gasteiger partial charge >= 0.3 is 0 Å². The molecule has 2 rings (SSSR count). The van der Waals surface area contributed by atoms with E-state index in [1.54, 1.807) is 12.1 Å². The summed E-state index contributed by atoms with van der Waals surface area (Å²) in [5.74, 6) is -0.147. The molecule has 5 nitrogen and oxygen atoms in total. The van der Waals surface area contributed by atoms with E-state index < -0.39 is 10.0 Å². The van der Waals surface area contributed by atoms with Crippen molar-refractivity contribution in [2.24, 2.45) is 0 Å². The zero-order valence-corrected chi connectivity index (χ0v) is 14.6. The number of nitrogens with one attached hydrogen (secondary N) is 1. The molecule has 0 atom stereocenters. The van der Waals surface area contributed by atoms with E-state index in [4.69, 9.17) is 0 Å². The summed E-state index contributed by atoms with van der Waals surface area (Å²) in [6.07, 6.45) is 6.26. The van der Waals surface area contributed by atoms with Gasteiger partial charge in [0, 0.05) is 25.2 Å². The minimum absolute atomic E-state index is 0.147. The van der Waals surface area contributed by atoms with Gasteiger partial charge in [-0.25, -0.2) is 8.42 Å². The highest BCUT2D eigenvalue weighted by atomic mass is 32.2. The first kappa shape index (κ1) is 17.9. The molecule has 23 heavy (non-hydrogen) atoms. The van der Waals surface area contributed by atoms with E-state index >= 15 is 0 Å². The fourth-order valence-electron chi connectivity index (χ4n) is 2.71. The molecule has 0 spiro atoms. The molecule has 0 aromatic heterocycles. The van der Waals surface area contributed by atoms with Crippen LogP contribution in [0.1, 0.15) is 55.8 Å². The van der Waals surface area contributed by atoms with Crippen LogP contribution in [0.3, 0.4) is 0 Å². The Morgan fingerprint density at radius 3 is 2.35 bits per heavy atom. The van der Waals surface area contributed by atoms with E-state index in [1.165, 1.54) is 29.3 Å². The van der Waals surface area contributed by atoms with Gasteiger partial charge in [0.15, 0.2) is 0 Å². The second-order valence-electron chi connectivity index (χ2n) is 5.95. The molecule has 1 heterocycles. The third kappa shape index (κ3) is 4.78. The number of amides is 1. The molecule has 6 heteroatoms. The molecule has 1 fully saturated rings. The average molecular weight is 338 g/mol. The highest BCUT2D eigenvalue weighted by Gasteiger charge is 2.27. The molecular formula is C17H26N2O3S. The number of hydrogen-bond donors (Lipinski definition) is 1. The molecule has 1 saturated heterocycles. The van der Waals surface area contributed by atoms with Gasteiger partial charge in [0.2, 0.25) is 10.0 Å². The maximum Gasteiger partial charge on any atom is 0.251 e. The van der Waals surface area contributed by atoms with Crippen molar-refractivity contribution in [3.05, 3.63) is 29.8 Å². The maximum atomic E-state index is 12.4. The van der Waals surface area contributed by atoms with Crippen LogP contribution in [-0.4, -0.2) is 38.3 Å². The van der Waals surface area contributed by atoms with E-state index in [0.717, 1.165) is 25.7 Å². The third-order valence-corrected chi connectivity index (χ3v) is 6.05. The Balaban J connectivity index is 1.92. The fraction of sp³-hybridized carbons (Fsp3) is 0.588. The van der Waals surface area contributed by atoms with Crippen LogP contribution >= 0.6 is 0 Å². The Hall–Kier alpha value is -1.40. The van der Waals surface area contributed by atoms with Gasteiger partial charge in [0.05, 0.1) is 4.90 Å². The maximum absolute atomic E-state index is 12.4. The SMILES string of the molecule is CCCCCCNC(=O)c1ccc(S(=O)(=O)N2CCCC2)cc1. The third-order valence-electron chi connectivity index (χ3n) is 4.14. The largest absolute Gasteiger partial charge is 0.352 e. The minimum atomic E-state index is -3.41. The van der Waals surface area contributed by atoms with Gasteiger partial charge in [-0.1, -0.05) is 26.2 Å². The van der Waals surface area contributed by atoms with E-state index in [0.29, 0.717) is 25.2 Å². The molecule has 0 aliphatic carbocycles. The Kier molecular flexibility index (Phi) is 6.59. The van der Waals surface area contributed by atoms with Crippen molar-refractivity contribution < 1.29 is 13.2 Å². The number of sulfonamides is 1. The first-order chi connectivity index (χ1) is 11.1. The number of rotatable bonds is 8. The van der Waals surface area contributed by atoms with Crippen molar-refractivity contribution in [1.82, 2.24) is 9.62 Å². The molecule has 1 amide bonds. The van der Waals surface area contributed by atoms with E-state index in [9.17, 15) is 13.2 Å². The number of benzene rings is 1. The first-order valence-corrected chi connectivity index (χ1v) is 9.88. The summed E-state index contributed by atoms with van der Waals surface area (Å²) in [4.78, 5) is 12.3. The number of carbonyl (C=O) groups excluding carboxylic acids is 1. The van der Waals surface area contributed by atoms with Gasteiger partial charge in [-0.3, -0.25) is 4.79 Å². The van der Waals surface area contributed by atoms with Crippen molar-refractivity contribution in [3.63, 3.8) is 0 Å². The quantitative estimate of drug-likeness (QED) is 0.741. The minimum Gasteiger partial charge on any atom is -0.352 e. The van der Waals surface area contributed by atoms with E-state index in [2.05, 4.69) is 12.2 Å². The van der Waals surface area contributed by atoms with Crippen molar-refractivity contribution >= 4 is 15.9 Å². The Bertz CT molecular complexity index is 605. The summed E-state index contributed by atoms with van der Waals surface area (Å²) < 4.78 is 26.3. The van der Waals surface area contributed by atoms with Gasteiger partial charge in [-0.15, -0.1) is 0 Å². The van der Waals surface area contributed by atoms with Crippen molar-refractivity contribution in [2.45, 2.75) is 50.3 Å². The smallest absolute Gasteiger partial charge is 0.251 e. The zero-order valence-electron chi connectivity index (χ0n) is 13.8. The Morgan fingerprint density at radius 1 is 1.09 bits per heavy atom. The highest BCUT2D eigenvalue weighted by molar-refractivity contribution is 7.89. The lowest BCUT2D eigenvalue weighted by atomic mass is 10.2. The standard InChI is InChI=1S/C17H26N2O3S/c1-2-3-4-5-12-18-17(20)15-8-10-16(11-9-15)23(21,22)19-13-6-7-14-19/h8-11H,2-7,12-14H2,1H3,(H,18,20). The Morgan fingerprint density at radius 2 is 1.74 bits per heavy atom. The molecule has 1 aromatic rings. The van der Waals surface area contributed by atoms with Crippen LogP contribution < -0.4 is 5.32 Å². The molecule has 0 bridgehead atoms. The highest BCUT2D eigenvalue weighted by Crippen LogP contribution is 2.21. The molecule has 128 valence electrons. The summed E-state index contributed by atoms with van der Waals surface area (Å²) in [5.41, 5.74) is 0.501. The monoisotopic (exact) mass is 338 g/mol. The number of hydrogen-bond acceptors (Lipinski definition) is 3. The van der Waals surface area contributed by atoms with Crippen molar-refractivity contribution in [1.29, 1.82) is 0 Å². The molecule has 1 aromatic carbocycles. The second-order valence-corrected chi connectivity index (χ2v) is 7.89. The van der Waals surface area contributed by atoms with Gasteiger partial charge in [-0.2, -0.15) is 4.31 Å². The van der Waals surface area contributed by atoms with Crippen molar-refractivity contribution in [3.8, 4) is 0 Å². The molecular weight excluding hydrogens is 312 g/mol. The molecule has 1 N–H and O–H groups in total. The van der Waals surface area contributed by atoms with Gasteiger partial charge in [-0.05, 0) is 43.5 Å². The second kappa shape index (κ2) is 8.45. The number of nitrogens with zero attached hydrogens (tertiary/aromatic N) is 1. The normalized spacial score (nSPS) is 15.7. The summed E-state index contributed by atoms with van der Waals surface area (Å²) >= 11 is 0. The van der Waals surface area contributed by atoms with E-state index in [-0.39, 0.29) is 10.8 Å². The van der Waals surface area contributed by atoms with Crippen LogP contribution in [0, 0.1) is 0 Å². The van der Waals surface area contributed by atoms with Gasteiger partial charge in [0.25, 0.3) is 5.91 Å². The average Bonchev–Trinajstić information content (AvgIpc) is 3.10. The zero-order chi connectivity index (χ0) is 16.7. The molecule has 0 radical (unpaired) electrons. The summed E-state index contributed by atoms with van der Waals surface area (Å²) in [7, 11) is -3.41. The lowest BCUT2D eigenvalue weighted by Gasteiger charge is -2.15. The predicted molar refractivity (Wildman–Crippen MR) is 90.9 cm³/mol. The van der Waals surface area contributed by atoms with Crippen LogP contribution in [0.2, 0.25) is 0 Å². The van der Waals surface area contributed by atoms with E-state index in [1.807, 2.05) is 0 Å². The van der Waals surface area contributed by atoms with Crippen LogP contribution in [0.5, 0.6) is 0 Å². The van der Waals surface area contributed by atoms with Gasteiger partial charge in [0.1, 0.15) is 0 Å². The first-order valence-electron chi connectivity index (χ1n) is 8.44. The van der Waals surface area contributed by atoms with Gasteiger partial charge < -0.3 is 5.32 Å². The fourth-order valence-corrected chi connectivity index (χ4v) is 4.23. The molecule has 0 saturated carbocycles. The summed E-state index contributed by atoms with van der Waals surface area (Å²) in [5, 5.41) is 2.87. The number of unbranched alkanes of at least 4 members (excludes halogenated alkanes) is 3. The van der Waals surface area contributed by atoms with Crippen LogP contribution in [0.15, 0.2) is 29.2 Å². The van der Waals surface area contributed by atoms with Crippen LogP contribution in [0.4, 0.5) is 0 Å². The molecule has 1 aliphatic rings. The van der Waals surface area contributed by atoms with Crippen LogP contribution in [0.25, 0.3) is 0 Å². The lowest BCUT2D eigenvalue weighted by Crippen LogP contribution is -2.28. The predicted octanol–water partition coefficient (Wildman–Crippen LogP) is 2.78. The lowest BCUT2D eigenvalue weighted by molar-refractivity contribution is 0.0953. The molecule has 1 aliphatic heterocycles. The number of carbonyl (C=O) groups is 1.